The first-order chi connectivity index (χ1) is 11.2. The molecule has 0 unspecified atom stereocenters. The van der Waals surface area contributed by atoms with Crippen LogP contribution in [0.4, 0.5) is 0 Å². The van der Waals surface area contributed by atoms with Gasteiger partial charge in [0.1, 0.15) is 5.75 Å². The number of hydrogen-bond donors (Lipinski definition) is 0. The smallest absolute Gasteiger partial charge is 0.264 e. The molecule has 0 saturated heterocycles. The van der Waals surface area contributed by atoms with Crippen molar-refractivity contribution in [3.05, 3.63) is 54.1 Å². The summed E-state index contributed by atoms with van der Waals surface area (Å²) in [4.78, 5) is 17.4. The standard InChI is InChI=1S/C17H13N3O2S/c1-22-13-8-6-12(7-9-13)16(21)20-15-5-3-2-4-14(15)19-17(20)23-11-10-18/h2-9H,11H2,1H3. The second-order valence-corrected chi connectivity index (χ2v) is 5.64. The van der Waals surface area contributed by atoms with Gasteiger partial charge in [-0.15, -0.1) is 0 Å². The van der Waals surface area contributed by atoms with Crippen LogP contribution in [0.1, 0.15) is 10.4 Å². The third kappa shape index (κ3) is 2.91. The molecular formula is C17H13N3O2S. The third-order valence-electron chi connectivity index (χ3n) is 3.34. The molecule has 5 nitrogen and oxygen atoms in total. The Morgan fingerprint density at radius 1 is 1.26 bits per heavy atom. The minimum atomic E-state index is -0.179. The lowest BCUT2D eigenvalue weighted by Crippen LogP contribution is -2.13. The number of hydrogen-bond acceptors (Lipinski definition) is 5. The minimum Gasteiger partial charge on any atom is -0.497 e. The molecule has 1 aromatic heterocycles. The molecule has 0 aliphatic rings. The Bertz CT molecular complexity index is 894. The van der Waals surface area contributed by atoms with Gasteiger partial charge in [-0.3, -0.25) is 9.36 Å². The van der Waals surface area contributed by atoms with Gasteiger partial charge in [-0.1, -0.05) is 23.9 Å². The number of para-hydroxylation sites is 2. The lowest BCUT2D eigenvalue weighted by atomic mass is 10.2. The highest BCUT2D eigenvalue weighted by atomic mass is 32.2. The Morgan fingerprint density at radius 2 is 2.00 bits per heavy atom. The van der Waals surface area contributed by atoms with Gasteiger partial charge in [0.25, 0.3) is 5.91 Å². The fourth-order valence-electron chi connectivity index (χ4n) is 2.26. The lowest BCUT2D eigenvalue weighted by Gasteiger charge is -2.07. The van der Waals surface area contributed by atoms with E-state index in [1.807, 2.05) is 24.3 Å². The van der Waals surface area contributed by atoms with Crippen molar-refractivity contribution in [1.82, 2.24) is 9.55 Å². The predicted molar refractivity (Wildman–Crippen MR) is 88.8 cm³/mol. The summed E-state index contributed by atoms with van der Waals surface area (Å²) in [6.07, 6.45) is 0. The van der Waals surface area contributed by atoms with Gasteiger partial charge in [0.05, 0.1) is 30.0 Å². The highest BCUT2D eigenvalue weighted by molar-refractivity contribution is 7.99. The van der Waals surface area contributed by atoms with Crippen molar-refractivity contribution in [2.45, 2.75) is 5.16 Å². The molecule has 0 amide bonds. The molecule has 0 bridgehead atoms. The zero-order valence-electron chi connectivity index (χ0n) is 12.4. The maximum atomic E-state index is 12.9. The first kappa shape index (κ1) is 15.1. The van der Waals surface area contributed by atoms with Crippen LogP contribution in [0.15, 0.2) is 53.7 Å². The number of nitrogens with zero attached hydrogens (tertiary/aromatic N) is 3. The van der Waals surface area contributed by atoms with Gasteiger partial charge in [0, 0.05) is 5.56 Å². The van der Waals surface area contributed by atoms with Crippen LogP contribution in [0.2, 0.25) is 0 Å². The SMILES string of the molecule is COc1ccc(C(=O)n2c(SCC#N)nc3ccccc32)cc1. The number of ether oxygens (including phenoxy) is 1. The number of nitriles is 1. The fraction of sp³-hybridized carbons (Fsp3) is 0.118. The number of thioether (sulfide) groups is 1. The average molecular weight is 323 g/mol. The number of rotatable bonds is 4. The zero-order chi connectivity index (χ0) is 16.2. The first-order valence-corrected chi connectivity index (χ1v) is 7.89. The Balaban J connectivity index is 2.08. The van der Waals surface area contributed by atoms with E-state index in [0.29, 0.717) is 16.5 Å². The average Bonchev–Trinajstić information content (AvgIpc) is 2.97. The van der Waals surface area contributed by atoms with E-state index in [0.717, 1.165) is 11.0 Å². The van der Waals surface area contributed by atoms with Crippen molar-refractivity contribution in [2.75, 3.05) is 12.9 Å². The second-order valence-electron chi connectivity index (χ2n) is 4.70. The summed E-state index contributed by atoms with van der Waals surface area (Å²) < 4.78 is 6.67. The topological polar surface area (TPSA) is 67.9 Å². The molecule has 23 heavy (non-hydrogen) atoms. The maximum absolute atomic E-state index is 12.9. The number of aromatic nitrogens is 2. The number of imidazole rings is 1. The summed E-state index contributed by atoms with van der Waals surface area (Å²) in [5.74, 6) is 0.747. The van der Waals surface area contributed by atoms with Gasteiger partial charge >= 0.3 is 0 Å². The van der Waals surface area contributed by atoms with Gasteiger partial charge < -0.3 is 4.74 Å². The molecule has 0 aliphatic carbocycles. The molecule has 0 spiro atoms. The number of benzene rings is 2. The molecule has 0 saturated carbocycles. The third-order valence-corrected chi connectivity index (χ3v) is 4.14. The van der Waals surface area contributed by atoms with E-state index in [-0.39, 0.29) is 11.7 Å². The summed E-state index contributed by atoms with van der Waals surface area (Å²) in [5, 5.41) is 9.32. The summed E-state index contributed by atoms with van der Waals surface area (Å²) in [5.41, 5.74) is 2.00. The molecule has 6 heteroatoms. The first-order valence-electron chi connectivity index (χ1n) is 6.90. The minimum absolute atomic E-state index is 0.179. The predicted octanol–water partition coefficient (Wildman–Crippen LogP) is 3.35. The van der Waals surface area contributed by atoms with Crippen molar-refractivity contribution in [2.24, 2.45) is 0 Å². The number of carbonyl (C=O) groups is 1. The highest BCUT2D eigenvalue weighted by Crippen LogP contribution is 2.25. The number of fused-ring (bicyclic) bond motifs is 1. The van der Waals surface area contributed by atoms with Crippen LogP contribution in [-0.2, 0) is 0 Å². The highest BCUT2D eigenvalue weighted by Gasteiger charge is 2.18. The van der Waals surface area contributed by atoms with Crippen LogP contribution in [0.3, 0.4) is 0 Å². The largest absolute Gasteiger partial charge is 0.497 e. The molecule has 3 rings (SSSR count). The molecule has 1 heterocycles. The van der Waals surface area contributed by atoms with Crippen LogP contribution < -0.4 is 4.74 Å². The van der Waals surface area contributed by atoms with E-state index < -0.39 is 0 Å². The molecule has 0 fully saturated rings. The summed E-state index contributed by atoms with van der Waals surface area (Å²) in [6, 6.07) is 16.4. The van der Waals surface area contributed by atoms with Crippen molar-refractivity contribution in [3.63, 3.8) is 0 Å². The Kier molecular flexibility index (Phi) is 4.31. The Labute approximate surface area is 137 Å². The molecule has 0 atom stereocenters. The van der Waals surface area contributed by atoms with Gasteiger partial charge in [-0.25, -0.2) is 4.98 Å². The molecule has 2 aromatic carbocycles. The van der Waals surface area contributed by atoms with Crippen LogP contribution in [-0.4, -0.2) is 28.3 Å². The molecule has 0 aliphatic heterocycles. The van der Waals surface area contributed by atoms with E-state index in [1.54, 1.807) is 35.9 Å². The van der Waals surface area contributed by atoms with Gasteiger partial charge in [0.2, 0.25) is 0 Å². The van der Waals surface area contributed by atoms with Crippen molar-refractivity contribution >= 4 is 28.7 Å². The van der Waals surface area contributed by atoms with Crippen LogP contribution in [0.5, 0.6) is 5.75 Å². The van der Waals surface area contributed by atoms with Crippen LogP contribution >= 0.6 is 11.8 Å². The molecule has 0 N–H and O–H groups in total. The molecular weight excluding hydrogens is 310 g/mol. The fourth-order valence-corrected chi connectivity index (χ4v) is 2.92. The Hall–Kier alpha value is -2.78. The monoisotopic (exact) mass is 323 g/mol. The van der Waals surface area contributed by atoms with Gasteiger partial charge in [-0.05, 0) is 36.4 Å². The van der Waals surface area contributed by atoms with Gasteiger partial charge in [0.15, 0.2) is 5.16 Å². The summed E-state index contributed by atoms with van der Waals surface area (Å²) in [7, 11) is 1.58. The summed E-state index contributed by atoms with van der Waals surface area (Å²) >= 11 is 1.25. The molecule has 3 aromatic rings. The van der Waals surface area contributed by atoms with E-state index >= 15 is 0 Å². The maximum Gasteiger partial charge on any atom is 0.264 e. The lowest BCUT2D eigenvalue weighted by molar-refractivity contribution is 0.0955. The number of methoxy groups -OCH3 is 1. The molecule has 0 radical (unpaired) electrons. The van der Waals surface area contributed by atoms with Crippen molar-refractivity contribution < 1.29 is 9.53 Å². The van der Waals surface area contributed by atoms with E-state index in [1.165, 1.54) is 11.8 Å². The van der Waals surface area contributed by atoms with Crippen molar-refractivity contribution in [1.29, 1.82) is 5.26 Å². The normalized spacial score (nSPS) is 10.4. The number of carbonyl (C=O) groups excluding carboxylic acids is 1. The van der Waals surface area contributed by atoms with E-state index in [9.17, 15) is 4.79 Å². The van der Waals surface area contributed by atoms with Crippen LogP contribution in [0, 0.1) is 11.3 Å². The second kappa shape index (κ2) is 6.55. The van der Waals surface area contributed by atoms with E-state index in [4.69, 9.17) is 10.00 Å². The van der Waals surface area contributed by atoms with Crippen LogP contribution in [0.25, 0.3) is 11.0 Å². The quantitative estimate of drug-likeness (QED) is 0.689. The summed E-state index contributed by atoms with van der Waals surface area (Å²) in [6.45, 7) is 0. The van der Waals surface area contributed by atoms with Gasteiger partial charge in [-0.2, -0.15) is 5.26 Å². The van der Waals surface area contributed by atoms with Crippen molar-refractivity contribution in [3.8, 4) is 11.8 Å². The van der Waals surface area contributed by atoms with E-state index in [2.05, 4.69) is 11.1 Å². The molecule has 114 valence electrons. The Morgan fingerprint density at radius 3 is 2.70 bits per heavy atom. The zero-order valence-corrected chi connectivity index (χ0v) is 13.2.